The lowest BCUT2D eigenvalue weighted by molar-refractivity contribution is -0.389. The average molecular weight is 342 g/mol. The molecule has 0 radical (unpaired) electrons. The second-order valence-corrected chi connectivity index (χ2v) is 6.14. The van der Waals surface area contributed by atoms with E-state index in [-0.39, 0.29) is 10.7 Å². The molecule has 130 valence electrons. The molecule has 1 aliphatic heterocycles. The molecule has 0 aliphatic carbocycles. The summed E-state index contributed by atoms with van der Waals surface area (Å²) in [7, 11) is 0. The second kappa shape index (κ2) is 6.17. The maximum absolute atomic E-state index is 11.5. The van der Waals surface area contributed by atoms with Gasteiger partial charge in [-0.2, -0.15) is 9.38 Å². The van der Waals surface area contributed by atoms with Crippen LogP contribution in [0.2, 0.25) is 0 Å². The number of aryl methyl sites for hydroxylation is 1. The average Bonchev–Trinajstić information content (AvgIpc) is 3.19. The van der Waals surface area contributed by atoms with Crippen molar-refractivity contribution >= 4 is 17.3 Å². The van der Waals surface area contributed by atoms with Crippen molar-refractivity contribution in [2.75, 3.05) is 31.1 Å². The summed E-state index contributed by atoms with van der Waals surface area (Å²) in [5, 5.41) is 15.6. The van der Waals surface area contributed by atoms with Crippen molar-refractivity contribution in [1.82, 2.24) is 19.4 Å². The first-order chi connectivity index (χ1) is 12.1. The van der Waals surface area contributed by atoms with E-state index in [2.05, 4.69) is 15.0 Å². The predicted molar refractivity (Wildman–Crippen MR) is 90.6 cm³/mol. The third-order valence-electron chi connectivity index (χ3n) is 4.39. The standard InChI is InChI=1S/C16H18N6O3/c1-12-10-13(18-25-12)11-19-6-8-20(9-7-19)15-16(22(23)24)21-5-3-2-4-14(21)17-15/h2-5,10H,6-9,11H2,1H3. The maximum Gasteiger partial charge on any atom is 0.372 e. The molecule has 1 aliphatic rings. The van der Waals surface area contributed by atoms with E-state index >= 15 is 0 Å². The van der Waals surface area contributed by atoms with E-state index in [1.165, 1.54) is 4.40 Å². The van der Waals surface area contributed by atoms with Gasteiger partial charge in [0.2, 0.25) is 11.5 Å². The number of pyridine rings is 1. The van der Waals surface area contributed by atoms with Gasteiger partial charge in [-0.05, 0) is 17.9 Å². The number of imidazole rings is 1. The SMILES string of the molecule is Cc1cc(CN2CCN(c3nc4ccccn4c3[N+](=O)[O-])CC2)no1. The summed E-state index contributed by atoms with van der Waals surface area (Å²) in [5.41, 5.74) is 1.49. The van der Waals surface area contributed by atoms with Crippen LogP contribution in [0.3, 0.4) is 0 Å². The van der Waals surface area contributed by atoms with E-state index < -0.39 is 0 Å². The first-order valence-corrected chi connectivity index (χ1v) is 8.13. The fraction of sp³-hybridized carbons (Fsp3) is 0.375. The first-order valence-electron chi connectivity index (χ1n) is 8.13. The number of nitro groups is 1. The lowest BCUT2D eigenvalue weighted by Crippen LogP contribution is -2.46. The van der Waals surface area contributed by atoms with Gasteiger partial charge in [0.05, 0.1) is 11.9 Å². The van der Waals surface area contributed by atoms with Crippen LogP contribution >= 0.6 is 0 Å². The number of aromatic nitrogens is 3. The smallest absolute Gasteiger partial charge is 0.361 e. The van der Waals surface area contributed by atoms with Crippen molar-refractivity contribution in [3.63, 3.8) is 0 Å². The Balaban J connectivity index is 1.51. The molecule has 0 aromatic carbocycles. The summed E-state index contributed by atoms with van der Waals surface area (Å²) >= 11 is 0. The van der Waals surface area contributed by atoms with Crippen molar-refractivity contribution in [2.24, 2.45) is 0 Å². The highest BCUT2D eigenvalue weighted by Crippen LogP contribution is 2.29. The fourth-order valence-corrected chi connectivity index (χ4v) is 3.19. The second-order valence-electron chi connectivity index (χ2n) is 6.14. The zero-order valence-corrected chi connectivity index (χ0v) is 13.8. The number of fused-ring (bicyclic) bond motifs is 1. The quantitative estimate of drug-likeness (QED) is 0.528. The Kier molecular flexibility index (Phi) is 3.85. The summed E-state index contributed by atoms with van der Waals surface area (Å²) in [4.78, 5) is 19.9. The van der Waals surface area contributed by atoms with Crippen LogP contribution in [0.5, 0.6) is 0 Å². The van der Waals surface area contributed by atoms with Crippen LogP contribution in [0.15, 0.2) is 35.0 Å². The van der Waals surface area contributed by atoms with Crippen LogP contribution in [0.25, 0.3) is 5.65 Å². The minimum absolute atomic E-state index is 0.0242. The summed E-state index contributed by atoms with van der Waals surface area (Å²) in [6.07, 6.45) is 1.67. The van der Waals surface area contributed by atoms with Gasteiger partial charge in [0.25, 0.3) is 0 Å². The van der Waals surface area contributed by atoms with Gasteiger partial charge in [-0.1, -0.05) is 11.2 Å². The van der Waals surface area contributed by atoms with E-state index in [1.807, 2.05) is 24.0 Å². The van der Waals surface area contributed by atoms with Crippen molar-refractivity contribution in [3.8, 4) is 0 Å². The Labute approximate surface area is 143 Å². The van der Waals surface area contributed by atoms with E-state index in [0.29, 0.717) is 24.6 Å². The third kappa shape index (κ3) is 2.93. The van der Waals surface area contributed by atoms with Gasteiger partial charge >= 0.3 is 5.82 Å². The van der Waals surface area contributed by atoms with Crippen molar-refractivity contribution in [3.05, 3.63) is 52.0 Å². The van der Waals surface area contributed by atoms with Gasteiger partial charge in [-0.3, -0.25) is 4.90 Å². The molecule has 0 amide bonds. The van der Waals surface area contributed by atoms with E-state index in [9.17, 15) is 10.1 Å². The van der Waals surface area contributed by atoms with E-state index in [1.54, 1.807) is 18.3 Å². The molecule has 9 nitrogen and oxygen atoms in total. The van der Waals surface area contributed by atoms with E-state index in [0.717, 1.165) is 31.1 Å². The summed E-state index contributed by atoms with van der Waals surface area (Å²) in [5.74, 6) is 1.26. The minimum atomic E-state index is -0.361. The highest BCUT2D eigenvalue weighted by molar-refractivity contribution is 5.63. The van der Waals surface area contributed by atoms with Crippen molar-refractivity contribution in [1.29, 1.82) is 0 Å². The number of hydrogen-bond acceptors (Lipinski definition) is 7. The molecule has 0 unspecified atom stereocenters. The lowest BCUT2D eigenvalue weighted by atomic mass is 10.3. The largest absolute Gasteiger partial charge is 0.372 e. The van der Waals surface area contributed by atoms with E-state index in [4.69, 9.17) is 4.52 Å². The van der Waals surface area contributed by atoms with Gasteiger partial charge in [0.15, 0.2) is 0 Å². The molecule has 4 rings (SSSR count). The monoisotopic (exact) mass is 342 g/mol. The molecule has 3 aromatic rings. The Bertz CT molecular complexity index is 910. The maximum atomic E-state index is 11.5. The van der Waals surface area contributed by atoms with Crippen molar-refractivity contribution < 1.29 is 9.45 Å². The van der Waals surface area contributed by atoms with Crippen LogP contribution in [0.1, 0.15) is 11.5 Å². The Hall–Kier alpha value is -2.94. The van der Waals surface area contributed by atoms with Gasteiger partial charge in [0.1, 0.15) is 5.76 Å². The van der Waals surface area contributed by atoms with Crippen LogP contribution in [-0.4, -0.2) is 50.5 Å². The number of anilines is 1. The van der Waals surface area contributed by atoms with Crippen LogP contribution < -0.4 is 4.90 Å². The third-order valence-corrected chi connectivity index (χ3v) is 4.39. The normalized spacial score (nSPS) is 15.8. The molecule has 9 heteroatoms. The number of piperazine rings is 1. The van der Waals surface area contributed by atoms with Gasteiger partial charge in [0, 0.05) is 44.9 Å². The first kappa shape index (κ1) is 15.6. The molecule has 1 fully saturated rings. The number of rotatable bonds is 4. The Morgan fingerprint density at radius 1 is 1.28 bits per heavy atom. The van der Waals surface area contributed by atoms with Crippen LogP contribution in [0.4, 0.5) is 11.6 Å². The topological polar surface area (TPSA) is 93.0 Å². The molecule has 0 bridgehead atoms. The van der Waals surface area contributed by atoms with Gasteiger partial charge in [-0.15, -0.1) is 0 Å². The molecule has 4 heterocycles. The van der Waals surface area contributed by atoms with Gasteiger partial charge in [-0.25, -0.2) is 0 Å². The zero-order chi connectivity index (χ0) is 17.4. The highest BCUT2D eigenvalue weighted by Gasteiger charge is 2.29. The Morgan fingerprint density at radius 2 is 2.08 bits per heavy atom. The number of nitrogens with zero attached hydrogens (tertiary/aromatic N) is 6. The summed E-state index contributed by atoms with van der Waals surface area (Å²) in [6, 6.07) is 7.30. The summed E-state index contributed by atoms with van der Waals surface area (Å²) in [6.45, 7) is 5.53. The molecule has 0 saturated carbocycles. The molecular weight excluding hydrogens is 324 g/mol. The molecule has 0 N–H and O–H groups in total. The van der Waals surface area contributed by atoms with Crippen molar-refractivity contribution in [2.45, 2.75) is 13.5 Å². The predicted octanol–water partition coefficient (Wildman–Crippen LogP) is 1.86. The molecule has 25 heavy (non-hydrogen) atoms. The molecule has 0 spiro atoms. The Morgan fingerprint density at radius 3 is 2.76 bits per heavy atom. The van der Waals surface area contributed by atoms with Gasteiger partial charge < -0.3 is 19.5 Å². The molecule has 3 aromatic heterocycles. The molecule has 0 atom stereocenters. The van der Waals surface area contributed by atoms with Crippen LogP contribution in [0, 0.1) is 17.0 Å². The fourth-order valence-electron chi connectivity index (χ4n) is 3.19. The molecular formula is C16H18N6O3. The highest BCUT2D eigenvalue weighted by atomic mass is 16.6. The lowest BCUT2D eigenvalue weighted by Gasteiger charge is -2.33. The van der Waals surface area contributed by atoms with Crippen LogP contribution in [-0.2, 0) is 6.54 Å². The zero-order valence-electron chi connectivity index (χ0n) is 13.8. The minimum Gasteiger partial charge on any atom is -0.361 e. The number of hydrogen-bond donors (Lipinski definition) is 0. The molecule has 1 saturated heterocycles. The summed E-state index contributed by atoms with van der Waals surface area (Å²) < 4.78 is 6.63.